The Morgan fingerprint density at radius 2 is 1.66 bits per heavy atom. The van der Waals surface area contributed by atoms with Crippen molar-refractivity contribution in [2.75, 3.05) is 19.7 Å². The maximum atomic E-state index is 12.7. The first-order valence-electron chi connectivity index (χ1n) is 12.6. The summed E-state index contributed by atoms with van der Waals surface area (Å²) < 4.78 is 5.67. The fourth-order valence-corrected chi connectivity index (χ4v) is 5.98. The van der Waals surface area contributed by atoms with Crippen LogP contribution in [0.25, 0.3) is 11.1 Å². The summed E-state index contributed by atoms with van der Waals surface area (Å²) in [6, 6.07) is 16.5. The lowest BCUT2D eigenvalue weighted by Gasteiger charge is -2.31. The van der Waals surface area contributed by atoms with E-state index >= 15 is 0 Å². The van der Waals surface area contributed by atoms with E-state index in [4.69, 9.17) is 4.74 Å². The predicted molar refractivity (Wildman–Crippen MR) is 131 cm³/mol. The van der Waals surface area contributed by atoms with Gasteiger partial charge in [0.15, 0.2) is 0 Å². The van der Waals surface area contributed by atoms with E-state index < -0.39 is 18.0 Å². The maximum Gasteiger partial charge on any atom is 0.407 e. The predicted octanol–water partition coefficient (Wildman–Crippen LogP) is 4.41. The van der Waals surface area contributed by atoms with Crippen molar-refractivity contribution in [3.05, 3.63) is 59.7 Å². The van der Waals surface area contributed by atoms with Gasteiger partial charge in [0.2, 0.25) is 5.91 Å². The highest BCUT2D eigenvalue weighted by molar-refractivity contribution is 5.79. The van der Waals surface area contributed by atoms with Crippen LogP contribution in [0.2, 0.25) is 0 Å². The first-order valence-corrected chi connectivity index (χ1v) is 12.6. The molecule has 0 radical (unpaired) electrons. The lowest BCUT2D eigenvalue weighted by molar-refractivity contribution is -0.145. The summed E-state index contributed by atoms with van der Waals surface area (Å²) in [7, 11) is 0. The molecular weight excluding hydrogens is 444 g/mol. The molecule has 1 unspecified atom stereocenters. The maximum absolute atomic E-state index is 12.7. The van der Waals surface area contributed by atoms with Crippen molar-refractivity contribution in [1.29, 1.82) is 0 Å². The molecule has 1 saturated heterocycles. The Morgan fingerprint density at radius 1 is 0.971 bits per heavy atom. The molecule has 0 aromatic heterocycles. The van der Waals surface area contributed by atoms with Gasteiger partial charge in [0.1, 0.15) is 6.61 Å². The van der Waals surface area contributed by atoms with Gasteiger partial charge in [-0.3, -0.25) is 9.59 Å². The van der Waals surface area contributed by atoms with Crippen molar-refractivity contribution < 1.29 is 24.2 Å². The van der Waals surface area contributed by atoms with E-state index in [1.165, 1.54) is 22.3 Å². The molecule has 0 bridgehead atoms. The number of ether oxygens (including phenoxy) is 1. The van der Waals surface area contributed by atoms with E-state index in [9.17, 15) is 19.5 Å². The molecule has 2 N–H and O–H groups in total. The number of nitrogens with one attached hydrogen (secondary N) is 1. The third kappa shape index (κ3) is 5.04. The third-order valence-electron chi connectivity index (χ3n) is 7.79. The molecule has 35 heavy (non-hydrogen) atoms. The van der Waals surface area contributed by atoms with Crippen molar-refractivity contribution in [2.24, 2.45) is 11.8 Å². The van der Waals surface area contributed by atoms with Gasteiger partial charge >= 0.3 is 12.1 Å². The Balaban J connectivity index is 1.10. The number of benzene rings is 2. The lowest BCUT2D eigenvalue weighted by atomic mass is 9.96. The normalized spacial score (nSPS) is 23.4. The minimum absolute atomic E-state index is 0.00317. The van der Waals surface area contributed by atoms with Crippen LogP contribution in [-0.2, 0) is 14.3 Å². The molecule has 1 aliphatic heterocycles. The molecule has 7 heteroatoms. The average Bonchev–Trinajstić information content (AvgIpc) is 3.44. The van der Waals surface area contributed by atoms with E-state index in [-0.39, 0.29) is 30.4 Å². The number of hydrogen-bond acceptors (Lipinski definition) is 4. The molecule has 1 saturated carbocycles. The minimum atomic E-state index is -0.823. The molecular formula is C28H32N2O5. The second kappa shape index (κ2) is 10.1. The molecule has 184 valence electrons. The van der Waals surface area contributed by atoms with Crippen LogP contribution in [0, 0.1) is 11.8 Å². The summed E-state index contributed by atoms with van der Waals surface area (Å²) in [5.74, 6) is -1.02. The molecule has 2 aromatic carbocycles. The SMILES string of the molecule is O=C(N[C@@H]1CC[C@H](CC(=O)N2CCCC(C(=O)O)C2)C1)OCC1c2ccccc2-c2ccccc21. The fraction of sp³-hybridized carbons (Fsp3) is 0.464. The molecule has 0 spiro atoms. The van der Waals surface area contributed by atoms with Crippen LogP contribution in [0.1, 0.15) is 55.6 Å². The van der Waals surface area contributed by atoms with Crippen LogP contribution in [0.15, 0.2) is 48.5 Å². The Morgan fingerprint density at radius 3 is 2.34 bits per heavy atom. The van der Waals surface area contributed by atoms with Gasteiger partial charge in [0.05, 0.1) is 5.92 Å². The number of piperidine rings is 1. The monoisotopic (exact) mass is 476 g/mol. The summed E-state index contributed by atoms with van der Waals surface area (Å²) >= 11 is 0. The Labute approximate surface area is 205 Å². The number of alkyl carbamates (subject to hydrolysis) is 1. The number of likely N-dealkylation sites (tertiary alicyclic amines) is 1. The molecule has 7 nitrogen and oxygen atoms in total. The van der Waals surface area contributed by atoms with Crippen LogP contribution in [0.4, 0.5) is 4.79 Å². The molecule has 2 aromatic rings. The van der Waals surface area contributed by atoms with E-state index in [0.717, 1.165) is 25.7 Å². The van der Waals surface area contributed by atoms with Gasteiger partial charge < -0.3 is 20.1 Å². The Hall–Kier alpha value is -3.35. The second-order valence-electron chi connectivity index (χ2n) is 10.1. The third-order valence-corrected chi connectivity index (χ3v) is 7.79. The molecule has 1 heterocycles. The highest BCUT2D eigenvalue weighted by Gasteiger charge is 2.33. The summed E-state index contributed by atoms with van der Waals surface area (Å²) in [6.45, 7) is 1.23. The molecule has 2 fully saturated rings. The zero-order valence-corrected chi connectivity index (χ0v) is 19.8. The van der Waals surface area contributed by atoms with Gasteiger partial charge in [0, 0.05) is 31.5 Å². The van der Waals surface area contributed by atoms with Crippen molar-refractivity contribution >= 4 is 18.0 Å². The van der Waals surface area contributed by atoms with E-state index in [1.54, 1.807) is 4.90 Å². The zero-order chi connectivity index (χ0) is 24.4. The number of aliphatic carboxylic acids is 1. The van der Waals surface area contributed by atoms with Gasteiger partial charge in [-0.25, -0.2) is 4.79 Å². The van der Waals surface area contributed by atoms with Gasteiger partial charge in [0.25, 0.3) is 0 Å². The van der Waals surface area contributed by atoms with Crippen molar-refractivity contribution in [3.8, 4) is 11.1 Å². The second-order valence-corrected chi connectivity index (χ2v) is 10.1. The largest absolute Gasteiger partial charge is 0.481 e. The number of carboxylic acids is 1. The minimum Gasteiger partial charge on any atom is -0.481 e. The van der Waals surface area contributed by atoms with Crippen LogP contribution in [-0.4, -0.2) is 53.7 Å². The highest BCUT2D eigenvalue weighted by Crippen LogP contribution is 2.44. The fourth-order valence-electron chi connectivity index (χ4n) is 5.98. The summed E-state index contributed by atoms with van der Waals surface area (Å²) in [4.78, 5) is 38.3. The van der Waals surface area contributed by atoms with Crippen molar-refractivity contribution in [2.45, 2.75) is 50.5 Å². The number of carbonyl (C=O) groups excluding carboxylic acids is 2. The van der Waals surface area contributed by atoms with Crippen LogP contribution in [0.3, 0.4) is 0 Å². The number of carboxylic acid groups (broad SMARTS) is 1. The number of rotatable bonds is 6. The van der Waals surface area contributed by atoms with Gasteiger partial charge in [-0.05, 0) is 60.3 Å². The lowest BCUT2D eigenvalue weighted by Crippen LogP contribution is -2.42. The van der Waals surface area contributed by atoms with Gasteiger partial charge in [-0.1, -0.05) is 48.5 Å². The van der Waals surface area contributed by atoms with Crippen molar-refractivity contribution in [1.82, 2.24) is 10.2 Å². The Bertz CT molecular complexity index is 1070. The number of hydrogen-bond donors (Lipinski definition) is 2. The van der Waals surface area contributed by atoms with Gasteiger partial charge in [-0.2, -0.15) is 0 Å². The number of nitrogens with zero attached hydrogens (tertiary/aromatic N) is 1. The summed E-state index contributed by atoms with van der Waals surface area (Å²) in [5, 5.41) is 12.3. The van der Waals surface area contributed by atoms with Crippen molar-refractivity contribution in [3.63, 3.8) is 0 Å². The quantitative estimate of drug-likeness (QED) is 0.644. The van der Waals surface area contributed by atoms with Crippen LogP contribution in [0.5, 0.6) is 0 Å². The van der Waals surface area contributed by atoms with Crippen LogP contribution < -0.4 is 5.32 Å². The first-order chi connectivity index (χ1) is 17.0. The smallest absolute Gasteiger partial charge is 0.407 e. The topological polar surface area (TPSA) is 95.9 Å². The molecule has 2 aliphatic carbocycles. The number of fused-ring (bicyclic) bond motifs is 3. The molecule has 3 aliphatic rings. The highest BCUT2D eigenvalue weighted by atomic mass is 16.5. The molecule has 3 atom stereocenters. The van der Waals surface area contributed by atoms with Gasteiger partial charge in [-0.15, -0.1) is 0 Å². The first kappa shape index (κ1) is 23.4. The molecule has 2 amide bonds. The molecule has 5 rings (SSSR count). The van der Waals surface area contributed by atoms with E-state index in [1.807, 2.05) is 24.3 Å². The van der Waals surface area contributed by atoms with Crippen LogP contribution >= 0.6 is 0 Å². The Kier molecular flexibility index (Phi) is 6.75. The standard InChI is InChI=1S/C28H32N2O5/c31-26(30-13-5-6-19(16-30)27(32)33)15-18-11-12-20(14-18)29-28(34)35-17-25-23-9-3-1-7-21(23)22-8-2-4-10-24(22)25/h1-4,7-10,18-20,25H,5-6,11-17H2,(H,29,34)(H,32,33)/t18-,19?,20+/m0/s1. The average molecular weight is 477 g/mol. The summed E-state index contributed by atoms with van der Waals surface area (Å²) in [6.07, 6.45) is 3.80. The number of carbonyl (C=O) groups is 3. The van der Waals surface area contributed by atoms with E-state index in [2.05, 4.69) is 29.6 Å². The summed E-state index contributed by atoms with van der Waals surface area (Å²) in [5.41, 5.74) is 4.76. The van der Waals surface area contributed by atoms with E-state index in [0.29, 0.717) is 25.9 Å². The number of amides is 2. The zero-order valence-electron chi connectivity index (χ0n) is 19.8.